The molecule has 1 saturated heterocycles. The van der Waals surface area contributed by atoms with E-state index < -0.39 is 16.2 Å². The lowest BCUT2D eigenvalue weighted by molar-refractivity contribution is 0.397. The summed E-state index contributed by atoms with van der Waals surface area (Å²) in [7, 11) is -3.65. The normalized spacial score (nSPS) is 20.9. The molecule has 0 saturated carbocycles. The Morgan fingerprint density at radius 1 is 1.61 bits per heavy atom. The van der Waals surface area contributed by atoms with Crippen molar-refractivity contribution < 1.29 is 13.2 Å². The van der Waals surface area contributed by atoms with Gasteiger partial charge >= 0.3 is 0 Å². The van der Waals surface area contributed by atoms with Crippen molar-refractivity contribution in [3.63, 3.8) is 0 Å². The largest absolute Gasteiger partial charge is 0.254 e. The van der Waals surface area contributed by atoms with Crippen molar-refractivity contribution >= 4 is 55.0 Å². The van der Waals surface area contributed by atoms with Crippen molar-refractivity contribution in [3.05, 3.63) is 14.9 Å². The first kappa shape index (κ1) is 14.2. The number of carbonyl (C=O) groups excluding carboxylic acids is 1. The molecular formula is C9H8BrClN2O3S2. The van der Waals surface area contributed by atoms with Gasteiger partial charge in [-0.25, -0.2) is 13.2 Å². The summed E-state index contributed by atoms with van der Waals surface area (Å²) in [6.07, 6.45) is 1.98. The first-order valence-electron chi connectivity index (χ1n) is 5.00. The summed E-state index contributed by atoms with van der Waals surface area (Å²) < 4.78 is 26.6. The molecule has 0 N–H and O–H groups in total. The molecule has 2 heterocycles. The molecule has 0 amide bonds. The molecule has 1 aliphatic rings. The van der Waals surface area contributed by atoms with Gasteiger partial charge in [0.1, 0.15) is 10.4 Å². The number of isocyanates is 1. The topological polar surface area (TPSA) is 66.8 Å². The Morgan fingerprint density at radius 3 is 2.89 bits per heavy atom. The van der Waals surface area contributed by atoms with Gasteiger partial charge in [0.15, 0.2) is 0 Å². The van der Waals surface area contributed by atoms with Crippen LogP contribution in [0.4, 0.5) is 0 Å². The molecule has 18 heavy (non-hydrogen) atoms. The van der Waals surface area contributed by atoms with E-state index in [1.54, 1.807) is 0 Å². The lowest BCUT2D eigenvalue weighted by atomic mass is 10.3. The monoisotopic (exact) mass is 370 g/mol. The van der Waals surface area contributed by atoms with E-state index in [9.17, 15) is 13.2 Å². The van der Waals surface area contributed by atoms with Gasteiger partial charge in [0.25, 0.3) is 10.0 Å². The van der Waals surface area contributed by atoms with E-state index in [4.69, 9.17) is 11.6 Å². The Bertz CT molecular complexity index is 590. The van der Waals surface area contributed by atoms with Crippen molar-refractivity contribution in [2.45, 2.75) is 23.2 Å². The average Bonchev–Trinajstić information content (AvgIpc) is 2.88. The zero-order valence-electron chi connectivity index (χ0n) is 8.97. The van der Waals surface area contributed by atoms with Gasteiger partial charge in [0.05, 0.1) is 8.81 Å². The molecule has 1 fully saturated rings. The predicted octanol–water partition coefficient (Wildman–Crippen LogP) is 2.61. The number of sulfonamides is 1. The third-order valence-electron chi connectivity index (χ3n) is 2.56. The number of hydrogen-bond donors (Lipinski definition) is 0. The smallest absolute Gasteiger partial charge is 0.211 e. The molecular weight excluding hydrogens is 364 g/mol. The minimum absolute atomic E-state index is 0.146. The van der Waals surface area contributed by atoms with Crippen molar-refractivity contribution in [2.24, 2.45) is 4.99 Å². The Kier molecular flexibility index (Phi) is 4.25. The Labute approximate surface area is 122 Å². The first-order chi connectivity index (χ1) is 8.46. The van der Waals surface area contributed by atoms with E-state index in [0.717, 1.165) is 11.3 Å². The highest BCUT2D eigenvalue weighted by molar-refractivity contribution is 9.11. The fraction of sp³-hybridized carbons (Fsp3) is 0.444. The number of nitrogens with zero attached hydrogens (tertiary/aromatic N) is 2. The summed E-state index contributed by atoms with van der Waals surface area (Å²) in [6, 6.07) is 1.39. The van der Waals surface area contributed by atoms with Crippen LogP contribution in [0.5, 0.6) is 0 Å². The Hall–Kier alpha value is -0.240. The number of aliphatic imine (C=N–C) groups is 1. The summed E-state index contributed by atoms with van der Waals surface area (Å²) in [5.74, 6) is 0. The second-order valence-corrected chi connectivity index (χ2v) is 8.54. The maximum absolute atomic E-state index is 12.4. The van der Waals surface area contributed by atoms with Crippen LogP contribution in [0.3, 0.4) is 0 Å². The fourth-order valence-electron chi connectivity index (χ4n) is 1.76. The second kappa shape index (κ2) is 5.40. The molecule has 0 radical (unpaired) electrons. The van der Waals surface area contributed by atoms with Crippen molar-refractivity contribution in [2.75, 3.05) is 6.54 Å². The molecule has 9 heteroatoms. The van der Waals surface area contributed by atoms with Crippen molar-refractivity contribution in [1.29, 1.82) is 0 Å². The van der Waals surface area contributed by atoms with Crippen LogP contribution in [0.15, 0.2) is 19.1 Å². The molecule has 1 aromatic rings. The molecule has 0 aliphatic carbocycles. The van der Waals surface area contributed by atoms with Gasteiger partial charge in [-0.2, -0.15) is 9.30 Å². The quantitative estimate of drug-likeness (QED) is 0.606. The lowest BCUT2D eigenvalue weighted by Crippen LogP contribution is -2.33. The minimum atomic E-state index is -3.65. The first-order valence-corrected chi connectivity index (χ1v) is 8.43. The number of rotatable bonds is 3. The van der Waals surface area contributed by atoms with Crippen LogP contribution in [-0.4, -0.2) is 31.5 Å². The number of halogens is 2. The van der Waals surface area contributed by atoms with Crippen LogP contribution in [0.2, 0.25) is 5.02 Å². The van der Waals surface area contributed by atoms with E-state index in [-0.39, 0.29) is 4.21 Å². The van der Waals surface area contributed by atoms with Gasteiger partial charge in [-0.3, -0.25) is 0 Å². The highest BCUT2D eigenvalue weighted by Gasteiger charge is 2.36. The van der Waals surface area contributed by atoms with Gasteiger partial charge in [-0.1, -0.05) is 11.6 Å². The summed E-state index contributed by atoms with van der Waals surface area (Å²) in [4.78, 5) is 13.8. The van der Waals surface area contributed by atoms with Crippen molar-refractivity contribution in [3.8, 4) is 0 Å². The highest BCUT2D eigenvalue weighted by Crippen LogP contribution is 2.37. The second-order valence-electron chi connectivity index (χ2n) is 3.65. The molecule has 0 aromatic carbocycles. The van der Waals surface area contributed by atoms with Gasteiger partial charge in [0.2, 0.25) is 6.08 Å². The van der Waals surface area contributed by atoms with E-state index in [1.165, 1.54) is 16.5 Å². The molecule has 5 nitrogen and oxygen atoms in total. The molecule has 0 bridgehead atoms. The molecule has 0 spiro atoms. The molecule has 98 valence electrons. The van der Waals surface area contributed by atoms with Crippen LogP contribution in [-0.2, 0) is 14.8 Å². The van der Waals surface area contributed by atoms with E-state index in [1.807, 2.05) is 0 Å². The van der Waals surface area contributed by atoms with E-state index in [2.05, 4.69) is 20.9 Å². The Balaban J connectivity index is 2.39. The zero-order valence-corrected chi connectivity index (χ0v) is 12.9. The lowest BCUT2D eigenvalue weighted by Gasteiger charge is -2.18. The van der Waals surface area contributed by atoms with Gasteiger partial charge in [0, 0.05) is 6.54 Å². The van der Waals surface area contributed by atoms with Gasteiger partial charge in [-0.05, 0) is 34.8 Å². The fourth-order valence-corrected chi connectivity index (χ4v) is 5.88. The van der Waals surface area contributed by atoms with Crippen LogP contribution in [0.1, 0.15) is 12.8 Å². The summed E-state index contributed by atoms with van der Waals surface area (Å²) in [5.41, 5.74) is 0. The zero-order chi connectivity index (χ0) is 13.3. The maximum atomic E-state index is 12.4. The molecule has 1 aromatic heterocycles. The molecule has 1 atom stereocenters. The van der Waals surface area contributed by atoms with Crippen molar-refractivity contribution in [1.82, 2.24) is 4.31 Å². The van der Waals surface area contributed by atoms with Crippen LogP contribution < -0.4 is 0 Å². The molecule has 1 unspecified atom stereocenters. The SMILES string of the molecule is O=C=NC1CCCN1S(=O)(=O)c1cc(Cl)c(Br)s1. The predicted molar refractivity (Wildman–Crippen MR) is 72.1 cm³/mol. The Morgan fingerprint density at radius 2 is 2.33 bits per heavy atom. The number of hydrogen-bond acceptors (Lipinski definition) is 5. The standard InChI is InChI=1S/C9H8BrClN2O3S2/c10-9-6(11)4-8(17-9)18(15,16)13-3-1-2-7(13)12-5-14/h4,7H,1-3H2. The van der Waals surface area contributed by atoms with Crippen LogP contribution >= 0.6 is 38.9 Å². The minimum Gasteiger partial charge on any atom is -0.211 e. The molecule has 1 aliphatic heterocycles. The maximum Gasteiger partial charge on any atom is 0.254 e. The van der Waals surface area contributed by atoms with Gasteiger partial charge < -0.3 is 0 Å². The summed E-state index contributed by atoms with van der Waals surface area (Å²) >= 11 is 10.1. The van der Waals surface area contributed by atoms with E-state index in [0.29, 0.717) is 28.2 Å². The molecule has 2 rings (SSSR count). The third kappa shape index (κ3) is 2.54. The average molecular weight is 372 g/mol. The summed E-state index contributed by atoms with van der Waals surface area (Å²) in [5, 5.41) is 0.355. The van der Waals surface area contributed by atoms with E-state index >= 15 is 0 Å². The summed E-state index contributed by atoms with van der Waals surface area (Å²) in [6.45, 7) is 0.352. The highest BCUT2D eigenvalue weighted by atomic mass is 79.9. The van der Waals surface area contributed by atoms with Gasteiger partial charge in [-0.15, -0.1) is 11.3 Å². The third-order valence-corrected chi connectivity index (χ3v) is 7.38. The van der Waals surface area contributed by atoms with Crippen LogP contribution in [0, 0.1) is 0 Å². The van der Waals surface area contributed by atoms with Crippen LogP contribution in [0.25, 0.3) is 0 Å². The number of thiophene rings is 1.